The molecular weight excluding hydrogens is 380 g/mol. The Morgan fingerprint density at radius 2 is 1.93 bits per heavy atom. The van der Waals surface area contributed by atoms with Crippen LogP contribution in [0.1, 0.15) is 12.8 Å². The predicted octanol–water partition coefficient (Wildman–Crippen LogP) is 1.93. The van der Waals surface area contributed by atoms with Gasteiger partial charge < -0.3 is 20.0 Å². The molecule has 2 aromatic heterocycles. The number of likely N-dealkylation sites (tertiary alicyclic amines) is 1. The van der Waals surface area contributed by atoms with E-state index in [4.69, 9.17) is 0 Å². The monoisotopic (exact) mass is 406 g/mol. The molecule has 2 saturated heterocycles. The summed E-state index contributed by atoms with van der Waals surface area (Å²) in [5, 5.41) is 32.7. The molecule has 0 saturated carbocycles. The minimum absolute atomic E-state index is 0.153. The highest BCUT2D eigenvalue weighted by Crippen LogP contribution is 2.40. The second-order valence-electron chi connectivity index (χ2n) is 8.35. The molecule has 1 unspecified atom stereocenters. The summed E-state index contributed by atoms with van der Waals surface area (Å²) in [7, 11) is 0. The summed E-state index contributed by atoms with van der Waals surface area (Å²) in [5.41, 5.74) is 2.39. The Labute approximate surface area is 175 Å². The third-order valence-corrected chi connectivity index (χ3v) is 6.37. The predicted molar refractivity (Wildman–Crippen MR) is 114 cm³/mol. The van der Waals surface area contributed by atoms with Gasteiger partial charge in [0.2, 0.25) is 0 Å². The van der Waals surface area contributed by atoms with Crippen LogP contribution in [0.4, 0.5) is 5.82 Å². The van der Waals surface area contributed by atoms with Gasteiger partial charge >= 0.3 is 0 Å². The molecule has 3 aromatic rings. The average Bonchev–Trinajstić information content (AvgIpc) is 3.51. The molecule has 1 atom stereocenters. The van der Waals surface area contributed by atoms with Gasteiger partial charge in [0, 0.05) is 55.6 Å². The zero-order valence-electron chi connectivity index (χ0n) is 16.9. The van der Waals surface area contributed by atoms with E-state index in [2.05, 4.69) is 25.1 Å². The molecule has 1 spiro atoms. The van der Waals surface area contributed by atoms with Gasteiger partial charge in [0.1, 0.15) is 5.75 Å². The van der Waals surface area contributed by atoms with Crippen molar-refractivity contribution in [3.05, 3.63) is 48.8 Å². The quantitative estimate of drug-likeness (QED) is 0.669. The van der Waals surface area contributed by atoms with E-state index >= 15 is 0 Å². The number of anilines is 1. The highest BCUT2D eigenvalue weighted by atomic mass is 16.3. The number of phenolic OH excluding ortho intramolecular Hbond substituents is 1. The number of hydrogen-bond donors (Lipinski definition) is 2. The molecule has 0 bridgehead atoms. The Hall–Kier alpha value is -2.97. The zero-order chi connectivity index (χ0) is 20.6. The number of aliphatic hydroxyl groups is 1. The number of nitrogens with zero attached hydrogens (tertiary/aromatic N) is 6. The lowest BCUT2D eigenvalue weighted by Crippen LogP contribution is -2.32. The van der Waals surface area contributed by atoms with E-state index in [1.165, 1.54) is 6.42 Å². The number of benzene rings is 1. The first-order valence-electron chi connectivity index (χ1n) is 10.4. The molecule has 8 heteroatoms. The van der Waals surface area contributed by atoms with Gasteiger partial charge in [-0.25, -0.2) is 4.68 Å². The summed E-state index contributed by atoms with van der Waals surface area (Å²) in [6.07, 6.45) is 5.85. The molecule has 5 rings (SSSR count). The molecule has 0 amide bonds. The van der Waals surface area contributed by atoms with Crippen molar-refractivity contribution in [1.82, 2.24) is 24.9 Å². The maximum atomic E-state index is 10.5. The number of aromatic hydroxyl groups is 1. The molecule has 30 heavy (non-hydrogen) atoms. The van der Waals surface area contributed by atoms with Gasteiger partial charge in [-0.1, -0.05) is 0 Å². The smallest absolute Gasteiger partial charge is 0.151 e. The standard InChI is InChI=1S/C22H26N6O2/c29-13-12-26-10-6-22(15-26)7-11-27(16-22)21-5-4-19(24-25-21)18-3-2-17(14-20(18)30)28-9-1-8-23-28/h1-5,8-9,14,29-30H,6-7,10-13,15-16H2. The second kappa shape index (κ2) is 7.70. The van der Waals surface area contributed by atoms with E-state index in [-0.39, 0.29) is 12.4 Å². The number of β-amino-alcohol motifs (C(OH)–C–C–N with tert-alkyl or cyclic N) is 1. The Morgan fingerprint density at radius 3 is 2.67 bits per heavy atom. The zero-order valence-corrected chi connectivity index (χ0v) is 16.9. The van der Waals surface area contributed by atoms with E-state index in [1.807, 2.05) is 36.5 Å². The first-order valence-corrected chi connectivity index (χ1v) is 10.4. The Morgan fingerprint density at radius 1 is 1.03 bits per heavy atom. The first kappa shape index (κ1) is 19.0. The van der Waals surface area contributed by atoms with E-state index in [0.29, 0.717) is 16.7 Å². The van der Waals surface area contributed by atoms with Crippen molar-refractivity contribution >= 4 is 5.82 Å². The number of phenols is 1. The molecule has 4 heterocycles. The second-order valence-corrected chi connectivity index (χ2v) is 8.35. The van der Waals surface area contributed by atoms with E-state index in [0.717, 1.165) is 50.6 Å². The molecule has 2 fully saturated rings. The minimum Gasteiger partial charge on any atom is -0.507 e. The van der Waals surface area contributed by atoms with Crippen LogP contribution in [0.15, 0.2) is 48.8 Å². The van der Waals surface area contributed by atoms with Gasteiger partial charge in [-0.3, -0.25) is 0 Å². The van der Waals surface area contributed by atoms with Crippen molar-refractivity contribution in [3.8, 4) is 22.7 Å². The molecule has 2 N–H and O–H groups in total. The van der Waals surface area contributed by atoms with Crippen molar-refractivity contribution < 1.29 is 10.2 Å². The van der Waals surface area contributed by atoms with Crippen molar-refractivity contribution in [1.29, 1.82) is 0 Å². The van der Waals surface area contributed by atoms with Crippen molar-refractivity contribution in [2.75, 3.05) is 44.2 Å². The minimum atomic E-state index is 0.153. The molecule has 156 valence electrons. The lowest BCUT2D eigenvalue weighted by molar-refractivity contribution is 0.205. The van der Waals surface area contributed by atoms with Crippen molar-refractivity contribution in [3.63, 3.8) is 0 Å². The van der Waals surface area contributed by atoms with E-state index < -0.39 is 0 Å². The fourth-order valence-electron chi connectivity index (χ4n) is 4.76. The number of rotatable bonds is 5. The fourth-order valence-corrected chi connectivity index (χ4v) is 4.76. The SMILES string of the molecule is OCCN1CCC2(CCN(c3ccc(-c4ccc(-n5cccn5)cc4O)nn3)C2)C1. The number of hydrogen-bond acceptors (Lipinski definition) is 7. The van der Waals surface area contributed by atoms with Gasteiger partial charge in [0.25, 0.3) is 0 Å². The average molecular weight is 406 g/mol. The third-order valence-electron chi connectivity index (χ3n) is 6.37. The maximum absolute atomic E-state index is 10.5. The van der Waals surface area contributed by atoms with Gasteiger partial charge in [0.05, 0.1) is 18.0 Å². The molecule has 1 aromatic carbocycles. The van der Waals surface area contributed by atoms with Gasteiger partial charge in [-0.15, -0.1) is 10.2 Å². The van der Waals surface area contributed by atoms with Gasteiger partial charge in [-0.2, -0.15) is 5.10 Å². The maximum Gasteiger partial charge on any atom is 0.151 e. The number of aromatic nitrogens is 4. The highest BCUT2D eigenvalue weighted by Gasteiger charge is 2.43. The lowest BCUT2D eigenvalue weighted by Gasteiger charge is -2.24. The lowest BCUT2D eigenvalue weighted by atomic mass is 9.86. The highest BCUT2D eigenvalue weighted by molar-refractivity contribution is 5.69. The van der Waals surface area contributed by atoms with Crippen LogP contribution < -0.4 is 4.90 Å². The van der Waals surface area contributed by atoms with Crippen LogP contribution in [-0.2, 0) is 0 Å². The van der Waals surface area contributed by atoms with Crippen LogP contribution in [0.2, 0.25) is 0 Å². The summed E-state index contributed by atoms with van der Waals surface area (Å²) >= 11 is 0. The largest absolute Gasteiger partial charge is 0.507 e. The van der Waals surface area contributed by atoms with Gasteiger partial charge in [-0.05, 0) is 49.7 Å². The fraction of sp³-hybridized carbons (Fsp3) is 0.409. The normalized spacial score (nSPS) is 21.7. The van der Waals surface area contributed by atoms with E-state index in [1.54, 1.807) is 16.9 Å². The van der Waals surface area contributed by atoms with Crippen LogP contribution in [0.5, 0.6) is 5.75 Å². The first-order chi connectivity index (χ1) is 14.7. The van der Waals surface area contributed by atoms with Crippen LogP contribution in [0, 0.1) is 5.41 Å². The van der Waals surface area contributed by atoms with Crippen LogP contribution >= 0.6 is 0 Å². The van der Waals surface area contributed by atoms with Crippen LogP contribution in [0.25, 0.3) is 16.9 Å². The summed E-state index contributed by atoms with van der Waals surface area (Å²) in [6, 6.07) is 11.2. The van der Waals surface area contributed by atoms with E-state index in [9.17, 15) is 10.2 Å². The van der Waals surface area contributed by atoms with Crippen molar-refractivity contribution in [2.45, 2.75) is 12.8 Å². The molecule has 0 radical (unpaired) electrons. The Balaban J connectivity index is 1.30. The molecule has 2 aliphatic rings. The molecule has 0 aliphatic carbocycles. The molecule has 2 aliphatic heterocycles. The summed E-state index contributed by atoms with van der Waals surface area (Å²) in [6.45, 7) is 5.05. The Kier molecular flexibility index (Phi) is 4.88. The third kappa shape index (κ3) is 3.53. The van der Waals surface area contributed by atoms with Crippen molar-refractivity contribution in [2.24, 2.45) is 5.41 Å². The van der Waals surface area contributed by atoms with Crippen LogP contribution in [-0.4, -0.2) is 74.4 Å². The molecule has 8 nitrogen and oxygen atoms in total. The van der Waals surface area contributed by atoms with Gasteiger partial charge in [0.15, 0.2) is 5.82 Å². The summed E-state index contributed by atoms with van der Waals surface area (Å²) in [5.74, 6) is 1.03. The summed E-state index contributed by atoms with van der Waals surface area (Å²) in [4.78, 5) is 4.66. The van der Waals surface area contributed by atoms with Crippen LogP contribution in [0.3, 0.4) is 0 Å². The summed E-state index contributed by atoms with van der Waals surface area (Å²) < 4.78 is 1.70. The Bertz CT molecular complexity index is 1010. The molecular formula is C22H26N6O2. The topological polar surface area (TPSA) is 90.5 Å². The number of aliphatic hydroxyl groups excluding tert-OH is 1.